The summed E-state index contributed by atoms with van der Waals surface area (Å²) in [5, 5.41) is 2.37. The Morgan fingerprint density at radius 3 is 2.26 bits per heavy atom. The maximum atomic E-state index is 13.3. The molecular weight excluding hydrogens is 272 g/mol. The van der Waals surface area contributed by atoms with Crippen molar-refractivity contribution in [3.8, 4) is 0 Å². The fourth-order valence-electron chi connectivity index (χ4n) is 1.37. The summed E-state index contributed by atoms with van der Waals surface area (Å²) in [5.74, 6) is -2.41. The van der Waals surface area contributed by atoms with Gasteiger partial charge in [0.15, 0.2) is 0 Å². The highest BCUT2D eigenvalue weighted by Crippen LogP contribution is 2.12. The predicted octanol–water partition coefficient (Wildman–Crippen LogP) is 2.24. The van der Waals surface area contributed by atoms with E-state index in [9.17, 15) is 17.8 Å². The number of carbonyl (C=O) groups is 1. The second-order valence-electron chi connectivity index (χ2n) is 5.01. The molecule has 0 fully saturated rings. The van der Waals surface area contributed by atoms with Crippen molar-refractivity contribution in [2.24, 2.45) is 0 Å². The van der Waals surface area contributed by atoms with Crippen molar-refractivity contribution in [2.75, 3.05) is 12.3 Å². The highest BCUT2D eigenvalue weighted by Gasteiger charge is 2.20. The van der Waals surface area contributed by atoms with Crippen molar-refractivity contribution in [3.63, 3.8) is 0 Å². The topological polar surface area (TPSA) is 46.2 Å². The molecule has 1 rings (SSSR count). The number of hydrogen-bond acceptors (Lipinski definition) is 2. The zero-order chi connectivity index (χ0) is 14.6. The van der Waals surface area contributed by atoms with Crippen LogP contribution in [0, 0.1) is 11.6 Å². The molecule has 1 aromatic carbocycles. The molecule has 0 heterocycles. The average Bonchev–Trinajstić information content (AvgIpc) is 2.27. The molecule has 0 aliphatic rings. The lowest BCUT2D eigenvalue weighted by atomic mass is 10.2. The minimum absolute atomic E-state index is 0.108. The fraction of sp³-hybridized carbons (Fsp3) is 0.462. The SMILES string of the molecule is CC(C)(C)S(=O)CCNC(=O)c1c(F)cccc1F. The third-order valence-electron chi connectivity index (χ3n) is 2.45. The van der Waals surface area contributed by atoms with E-state index in [1.54, 1.807) is 0 Å². The average molecular weight is 289 g/mol. The molecule has 0 aromatic heterocycles. The van der Waals surface area contributed by atoms with Gasteiger partial charge in [0.1, 0.15) is 17.2 Å². The van der Waals surface area contributed by atoms with Gasteiger partial charge in [-0.1, -0.05) is 6.07 Å². The number of rotatable bonds is 4. The van der Waals surface area contributed by atoms with Gasteiger partial charge in [-0.2, -0.15) is 0 Å². The second kappa shape index (κ2) is 6.23. The summed E-state index contributed by atoms with van der Waals surface area (Å²) in [7, 11) is -1.12. The molecule has 19 heavy (non-hydrogen) atoms. The van der Waals surface area contributed by atoms with E-state index in [4.69, 9.17) is 0 Å². The molecule has 0 saturated heterocycles. The van der Waals surface area contributed by atoms with E-state index in [2.05, 4.69) is 5.32 Å². The van der Waals surface area contributed by atoms with Gasteiger partial charge in [-0.3, -0.25) is 9.00 Å². The first kappa shape index (κ1) is 15.8. The summed E-state index contributed by atoms with van der Waals surface area (Å²) in [4.78, 5) is 11.6. The Morgan fingerprint density at radius 1 is 1.26 bits per heavy atom. The lowest BCUT2D eigenvalue weighted by Crippen LogP contribution is -2.33. The number of amides is 1. The standard InChI is InChI=1S/C13H17F2NO2S/c1-13(2,3)19(18)8-7-16-12(17)11-9(14)5-4-6-10(11)15/h4-6H,7-8H2,1-3H3,(H,16,17). The van der Waals surface area contributed by atoms with E-state index in [-0.39, 0.29) is 17.0 Å². The zero-order valence-corrected chi connectivity index (χ0v) is 11.9. The lowest BCUT2D eigenvalue weighted by Gasteiger charge is -2.17. The number of nitrogens with one attached hydrogen (secondary N) is 1. The smallest absolute Gasteiger partial charge is 0.257 e. The van der Waals surface area contributed by atoms with Crippen molar-refractivity contribution in [3.05, 3.63) is 35.4 Å². The first-order valence-corrected chi connectivity index (χ1v) is 7.16. The fourth-order valence-corrected chi connectivity index (χ4v) is 2.27. The third-order valence-corrected chi connectivity index (χ3v) is 4.39. The molecule has 0 aliphatic carbocycles. The van der Waals surface area contributed by atoms with E-state index in [1.807, 2.05) is 20.8 Å². The van der Waals surface area contributed by atoms with E-state index in [0.717, 1.165) is 12.1 Å². The van der Waals surface area contributed by atoms with Crippen molar-refractivity contribution in [1.82, 2.24) is 5.32 Å². The van der Waals surface area contributed by atoms with Crippen LogP contribution in [0.1, 0.15) is 31.1 Å². The number of hydrogen-bond donors (Lipinski definition) is 1. The van der Waals surface area contributed by atoms with Crippen LogP contribution in [0.3, 0.4) is 0 Å². The Morgan fingerprint density at radius 2 is 1.79 bits per heavy atom. The Kier molecular flexibility index (Phi) is 5.17. The van der Waals surface area contributed by atoms with E-state index >= 15 is 0 Å². The van der Waals surface area contributed by atoms with Crippen LogP contribution in [0.25, 0.3) is 0 Å². The Hall–Kier alpha value is -1.30. The molecule has 1 N–H and O–H groups in total. The van der Waals surface area contributed by atoms with Gasteiger partial charge in [0.2, 0.25) is 0 Å². The largest absolute Gasteiger partial charge is 0.351 e. The molecule has 3 nitrogen and oxygen atoms in total. The molecule has 6 heteroatoms. The van der Waals surface area contributed by atoms with Crippen LogP contribution in [-0.2, 0) is 10.8 Å². The third kappa shape index (κ3) is 4.38. The molecule has 1 amide bonds. The maximum Gasteiger partial charge on any atom is 0.257 e. The van der Waals surface area contributed by atoms with Crippen molar-refractivity contribution >= 4 is 16.7 Å². The van der Waals surface area contributed by atoms with Gasteiger partial charge in [0.25, 0.3) is 5.91 Å². The Bertz CT molecular complexity index is 478. The predicted molar refractivity (Wildman–Crippen MR) is 71.5 cm³/mol. The van der Waals surface area contributed by atoms with Crippen LogP contribution in [0.2, 0.25) is 0 Å². The monoisotopic (exact) mass is 289 g/mol. The second-order valence-corrected chi connectivity index (χ2v) is 7.34. The van der Waals surface area contributed by atoms with E-state index in [0.29, 0.717) is 0 Å². The molecule has 0 spiro atoms. The first-order chi connectivity index (χ1) is 8.73. The molecule has 1 atom stereocenters. The van der Waals surface area contributed by atoms with Crippen LogP contribution >= 0.6 is 0 Å². The van der Waals surface area contributed by atoms with Crippen LogP contribution in [0.5, 0.6) is 0 Å². The number of halogens is 2. The van der Waals surface area contributed by atoms with Gasteiger partial charge in [-0.25, -0.2) is 8.78 Å². The molecule has 1 aromatic rings. The number of benzene rings is 1. The van der Waals surface area contributed by atoms with E-state index in [1.165, 1.54) is 6.07 Å². The molecule has 106 valence electrons. The molecule has 0 aliphatic heterocycles. The van der Waals surface area contributed by atoms with Gasteiger partial charge >= 0.3 is 0 Å². The van der Waals surface area contributed by atoms with Crippen LogP contribution in [-0.4, -0.2) is 27.2 Å². The minimum Gasteiger partial charge on any atom is -0.351 e. The quantitative estimate of drug-likeness (QED) is 0.924. The summed E-state index contributed by atoms with van der Waals surface area (Å²) < 4.78 is 38.0. The van der Waals surface area contributed by atoms with Gasteiger partial charge in [-0.15, -0.1) is 0 Å². The zero-order valence-electron chi connectivity index (χ0n) is 11.1. The molecule has 0 saturated carbocycles. The van der Waals surface area contributed by atoms with Crippen molar-refractivity contribution in [1.29, 1.82) is 0 Å². The highest BCUT2D eigenvalue weighted by molar-refractivity contribution is 7.86. The summed E-state index contributed by atoms with van der Waals surface area (Å²) in [6.07, 6.45) is 0. The summed E-state index contributed by atoms with van der Waals surface area (Å²) >= 11 is 0. The summed E-state index contributed by atoms with van der Waals surface area (Å²) in [6, 6.07) is 3.23. The Labute approximate surface area is 113 Å². The summed E-state index contributed by atoms with van der Waals surface area (Å²) in [5.41, 5.74) is -0.607. The van der Waals surface area contributed by atoms with Crippen molar-refractivity contribution in [2.45, 2.75) is 25.5 Å². The van der Waals surface area contributed by atoms with Gasteiger partial charge in [-0.05, 0) is 32.9 Å². The van der Waals surface area contributed by atoms with Gasteiger partial charge in [0, 0.05) is 27.8 Å². The molecular formula is C13H17F2NO2S. The molecule has 0 bridgehead atoms. The normalized spacial score (nSPS) is 13.1. The maximum absolute atomic E-state index is 13.3. The summed E-state index contributed by atoms with van der Waals surface area (Å²) in [6.45, 7) is 5.57. The van der Waals surface area contributed by atoms with Crippen LogP contribution in [0.4, 0.5) is 8.78 Å². The molecule has 0 radical (unpaired) electrons. The van der Waals surface area contributed by atoms with E-state index < -0.39 is 33.9 Å². The Balaban J connectivity index is 2.60. The van der Waals surface area contributed by atoms with Gasteiger partial charge in [0.05, 0.1) is 0 Å². The van der Waals surface area contributed by atoms with Gasteiger partial charge < -0.3 is 5.32 Å². The van der Waals surface area contributed by atoms with Crippen molar-refractivity contribution < 1.29 is 17.8 Å². The van der Waals surface area contributed by atoms with Crippen LogP contribution in [0.15, 0.2) is 18.2 Å². The highest BCUT2D eigenvalue weighted by atomic mass is 32.2. The molecule has 1 unspecified atom stereocenters. The number of carbonyl (C=O) groups excluding carboxylic acids is 1. The van der Waals surface area contributed by atoms with Crippen LogP contribution < -0.4 is 5.32 Å². The lowest BCUT2D eigenvalue weighted by molar-refractivity contribution is 0.0947. The minimum atomic E-state index is -1.12. The first-order valence-electron chi connectivity index (χ1n) is 5.84.